The van der Waals surface area contributed by atoms with Crippen LogP contribution in [-0.4, -0.2) is 21.0 Å². The number of sulfonamides is 1. The summed E-state index contributed by atoms with van der Waals surface area (Å²) in [5, 5.41) is 3.07. The minimum absolute atomic E-state index is 0.0130. The number of benzene rings is 1. The van der Waals surface area contributed by atoms with Gasteiger partial charge in [0.05, 0.1) is 4.90 Å². The maximum atomic E-state index is 14.0. The highest BCUT2D eigenvalue weighted by Crippen LogP contribution is 2.45. The van der Waals surface area contributed by atoms with Crippen molar-refractivity contribution in [2.45, 2.75) is 51.6 Å². The van der Waals surface area contributed by atoms with Crippen LogP contribution in [0.2, 0.25) is 0 Å². The van der Waals surface area contributed by atoms with E-state index in [9.17, 15) is 12.8 Å². The topological polar surface area (TPSA) is 58.2 Å². The summed E-state index contributed by atoms with van der Waals surface area (Å²) >= 11 is 0. The van der Waals surface area contributed by atoms with Crippen LogP contribution in [-0.2, 0) is 16.6 Å². The Morgan fingerprint density at radius 2 is 2.00 bits per heavy atom. The Morgan fingerprint density at radius 3 is 2.52 bits per heavy atom. The lowest BCUT2D eigenvalue weighted by atomic mass is 10.1. The second-order valence-corrected chi connectivity index (χ2v) is 8.03. The van der Waals surface area contributed by atoms with Crippen LogP contribution in [0.4, 0.5) is 4.39 Å². The molecule has 2 N–H and O–H groups in total. The average Bonchev–Trinajstić information content (AvgIpc) is 2.96. The SMILES string of the molecule is CCNCc1cc(F)c(C)c(S(=O)(=O)NC2CC2(C)C)c1. The zero-order valence-corrected chi connectivity index (χ0v) is 13.8. The predicted octanol–water partition coefficient (Wildman–Crippen LogP) is 2.32. The zero-order valence-electron chi connectivity index (χ0n) is 13.0. The summed E-state index contributed by atoms with van der Waals surface area (Å²) < 4.78 is 41.6. The lowest BCUT2D eigenvalue weighted by molar-refractivity contribution is 0.551. The molecule has 0 bridgehead atoms. The van der Waals surface area contributed by atoms with E-state index in [1.54, 1.807) is 6.07 Å². The quantitative estimate of drug-likeness (QED) is 0.847. The van der Waals surface area contributed by atoms with Gasteiger partial charge in [-0.05, 0) is 43.0 Å². The van der Waals surface area contributed by atoms with E-state index in [1.165, 1.54) is 13.0 Å². The summed E-state index contributed by atoms with van der Waals surface area (Å²) in [6.45, 7) is 8.65. The normalized spacial score (nSPS) is 20.5. The predicted molar refractivity (Wildman–Crippen MR) is 81.0 cm³/mol. The Morgan fingerprint density at radius 1 is 1.38 bits per heavy atom. The summed E-state index contributed by atoms with van der Waals surface area (Å²) in [7, 11) is -3.69. The lowest BCUT2D eigenvalue weighted by Gasteiger charge is -2.13. The fraction of sp³-hybridized carbons (Fsp3) is 0.600. The molecule has 1 aliphatic carbocycles. The Hall–Kier alpha value is -0.980. The molecule has 1 saturated carbocycles. The standard InChI is InChI=1S/C15H23FN2O2S/c1-5-17-9-11-6-12(16)10(2)13(7-11)21(19,20)18-14-8-15(14,3)4/h6-7,14,17-18H,5,8-9H2,1-4H3. The second-order valence-electron chi connectivity index (χ2n) is 6.35. The van der Waals surface area contributed by atoms with E-state index in [1.807, 2.05) is 20.8 Å². The summed E-state index contributed by atoms with van der Waals surface area (Å²) in [4.78, 5) is 0.0399. The van der Waals surface area contributed by atoms with Crippen molar-refractivity contribution >= 4 is 10.0 Å². The monoisotopic (exact) mass is 314 g/mol. The van der Waals surface area contributed by atoms with Crippen LogP contribution >= 0.6 is 0 Å². The van der Waals surface area contributed by atoms with Crippen molar-refractivity contribution < 1.29 is 12.8 Å². The number of hydrogen-bond donors (Lipinski definition) is 2. The van der Waals surface area contributed by atoms with Crippen molar-refractivity contribution in [3.8, 4) is 0 Å². The minimum atomic E-state index is -3.69. The highest BCUT2D eigenvalue weighted by Gasteiger charge is 2.48. The van der Waals surface area contributed by atoms with Crippen molar-refractivity contribution in [2.75, 3.05) is 6.54 Å². The molecule has 0 aliphatic heterocycles. The molecule has 0 aromatic heterocycles. The van der Waals surface area contributed by atoms with Crippen LogP contribution in [0.25, 0.3) is 0 Å². The Kier molecular flexibility index (Phi) is 4.42. The molecule has 118 valence electrons. The molecular weight excluding hydrogens is 291 g/mol. The van der Waals surface area contributed by atoms with Crippen molar-refractivity contribution in [1.82, 2.24) is 10.0 Å². The number of rotatable bonds is 6. The molecule has 1 fully saturated rings. The second kappa shape index (κ2) is 5.66. The fourth-order valence-corrected chi connectivity index (χ4v) is 3.99. The Labute approximate surface area is 126 Å². The molecule has 1 aromatic rings. The van der Waals surface area contributed by atoms with Gasteiger partial charge in [0.2, 0.25) is 10.0 Å². The van der Waals surface area contributed by atoms with Gasteiger partial charge in [-0.15, -0.1) is 0 Å². The third-order valence-electron chi connectivity index (χ3n) is 4.04. The van der Waals surface area contributed by atoms with Gasteiger partial charge < -0.3 is 5.32 Å². The van der Waals surface area contributed by atoms with Gasteiger partial charge in [0.1, 0.15) is 5.82 Å². The zero-order chi connectivity index (χ0) is 15.8. The largest absolute Gasteiger partial charge is 0.313 e. The molecule has 0 amide bonds. The van der Waals surface area contributed by atoms with Crippen LogP contribution in [0.15, 0.2) is 17.0 Å². The first-order valence-electron chi connectivity index (χ1n) is 7.19. The fourth-order valence-electron chi connectivity index (χ4n) is 2.28. The summed E-state index contributed by atoms with van der Waals surface area (Å²) in [6, 6.07) is 2.87. The molecule has 4 nitrogen and oxygen atoms in total. The van der Waals surface area contributed by atoms with E-state index in [2.05, 4.69) is 10.0 Å². The van der Waals surface area contributed by atoms with Gasteiger partial charge in [-0.1, -0.05) is 20.8 Å². The van der Waals surface area contributed by atoms with Gasteiger partial charge in [0.15, 0.2) is 0 Å². The smallest absolute Gasteiger partial charge is 0.241 e. The van der Waals surface area contributed by atoms with E-state index in [4.69, 9.17) is 0 Å². The number of nitrogens with one attached hydrogen (secondary N) is 2. The molecule has 0 heterocycles. The highest BCUT2D eigenvalue weighted by atomic mass is 32.2. The molecule has 6 heteroatoms. The van der Waals surface area contributed by atoms with Gasteiger partial charge >= 0.3 is 0 Å². The number of halogens is 1. The maximum absolute atomic E-state index is 14.0. The maximum Gasteiger partial charge on any atom is 0.241 e. The molecule has 0 radical (unpaired) electrons. The van der Waals surface area contributed by atoms with E-state index in [0.29, 0.717) is 12.1 Å². The highest BCUT2D eigenvalue weighted by molar-refractivity contribution is 7.89. The van der Waals surface area contributed by atoms with Crippen LogP contribution in [0, 0.1) is 18.2 Å². The van der Waals surface area contributed by atoms with E-state index in [-0.39, 0.29) is 21.9 Å². The van der Waals surface area contributed by atoms with Crippen LogP contribution in [0.5, 0.6) is 0 Å². The van der Waals surface area contributed by atoms with Gasteiger partial charge in [-0.25, -0.2) is 17.5 Å². The molecule has 1 atom stereocenters. The van der Waals surface area contributed by atoms with Crippen LogP contribution < -0.4 is 10.0 Å². The first-order chi connectivity index (χ1) is 9.67. The molecule has 0 saturated heterocycles. The van der Waals surface area contributed by atoms with E-state index < -0.39 is 15.8 Å². The third kappa shape index (κ3) is 3.62. The summed E-state index contributed by atoms with van der Waals surface area (Å²) in [5.41, 5.74) is 0.789. The van der Waals surface area contributed by atoms with Crippen molar-refractivity contribution in [1.29, 1.82) is 0 Å². The Balaban J connectivity index is 2.31. The van der Waals surface area contributed by atoms with Crippen molar-refractivity contribution in [3.63, 3.8) is 0 Å². The van der Waals surface area contributed by atoms with Gasteiger partial charge in [-0.2, -0.15) is 0 Å². The Bertz CT molecular complexity index is 641. The molecule has 1 aliphatic rings. The summed E-state index contributed by atoms with van der Waals surface area (Å²) in [6.07, 6.45) is 0.810. The van der Waals surface area contributed by atoms with Crippen LogP contribution in [0.1, 0.15) is 38.3 Å². The minimum Gasteiger partial charge on any atom is -0.313 e. The van der Waals surface area contributed by atoms with Gasteiger partial charge in [0, 0.05) is 18.2 Å². The number of hydrogen-bond acceptors (Lipinski definition) is 3. The molecule has 2 rings (SSSR count). The van der Waals surface area contributed by atoms with Crippen LogP contribution in [0.3, 0.4) is 0 Å². The van der Waals surface area contributed by atoms with E-state index >= 15 is 0 Å². The lowest BCUT2D eigenvalue weighted by Crippen LogP contribution is -2.29. The first-order valence-corrected chi connectivity index (χ1v) is 8.68. The molecule has 1 aromatic carbocycles. The van der Waals surface area contributed by atoms with Crippen molar-refractivity contribution in [2.24, 2.45) is 5.41 Å². The van der Waals surface area contributed by atoms with E-state index in [0.717, 1.165) is 13.0 Å². The summed E-state index contributed by atoms with van der Waals surface area (Å²) in [5.74, 6) is -0.485. The van der Waals surface area contributed by atoms with Gasteiger partial charge in [-0.3, -0.25) is 0 Å². The molecule has 21 heavy (non-hydrogen) atoms. The molecular formula is C15H23FN2O2S. The average molecular weight is 314 g/mol. The van der Waals surface area contributed by atoms with Crippen molar-refractivity contribution in [3.05, 3.63) is 29.1 Å². The molecule has 0 spiro atoms. The van der Waals surface area contributed by atoms with Gasteiger partial charge in [0.25, 0.3) is 0 Å². The third-order valence-corrected chi connectivity index (χ3v) is 5.63. The first kappa shape index (κ1) is 16.4. The molecule has 1 unspecified atom stereocenters.